The van der Waals surface area contributed by atoms with Crippen LogP contribution in [0.25, 0.3) is 4.85 Å². The number of amides is 2. The second kappa shape index (κ2) is 12.7. The number of morpholine rings is 2. The zero-order valence-electron chi connectivity index (χ0n) is 14.0. The zero-order chi connectivity index (χ0) is 17.1. The smallest absolute Gasteiger partial charge is 0.302 e. The lowest BCUT2D eigenvalue weighted by Crippen LogP contribution is -2.41. The Morgan fingerprint density at radius 1 is 1.00 bits per heavy atom. The van der Waals surface area contributed by atoms with Gasteiger partial charge in [0.15, 0.2) is 0 Å². The van der Waals surface area contributed by atoms with Crippen LogP contribution in [0.1, 0.15) is 13.3 Å². The number of ether oxygens (including phenoxy) is 2. The number of nitrogens with one attached hydrogen (secondary N) is 1. The summed E-state index contributed by atoms with van der Waals surface area (Å²) in [5.41, 5.74) is 0.423. The molecule has 0 radical (unpaired) electrons. The summed E-state index contributed by atoms with van der Waals surface area (Å²) < 4.78 is 10.2. The number of carbonyl (C=O) groups excluding carboxylic acids is 2. The van der Waals surface area contributed by atoms with Gasteiger partial charge in [-0.25, -0.2) is 6.57 Å². The molecule has 2 amide bonds. The third kappa shape index (κ3) is 8.82. The van der Waals surface area contributed by atoms with Crippen LogP contribution < -0.4 is 0 Å². The lowest BCUT2D eigenvalue weighted by Gasteiger charge is -2.26. The minimum absolute atomic E-state index is 0. The topological polar surface area (TPSA) is 87.3 Å². The first-order valence-electron chi connectivity index (χ1n) is 7.63. The Morgan fingerprint density at radius 2 is 1.42 bits per heavy atom. The van der Waals surface area contributed by atoms with Crippen molar-refractivity contribution in [1.29, 1.82) is 5.41 Å². The Kier molecular flexibility index (Phi) is 11.8. The fraction of sp³-hybridized carbons (Fsp3) is 0.733. The molecule has 136 valence electrons. The van der Waals surface area contributed by atoms with Crippen molar-refractivity contribution < 1.29 is 19.1 Å². The summed E-state index contributed by atoms with van der Waals surface area (Å²) in [5, 5.41) is 7.16. The van der Waals surface area contributed by atoms with Crippen LogP contribution in [0.3, 0.4) is 0 Å². The van der Waals surface area contributed by atoms with E-state index in [1.165, 1.54) is 0 Å². The summed E-state index contributed by atoms with van der Waals surface area (Å²) in [6, 6.07) is 0. The Bertz CT molecular complexity index is 455. The van der Waals surface area contributed by atoms with Gasteiger partial charge in [0.25, 0.3) is 6.54 Å². The maximum Gasteiger partial charge on any atom is 0.302 e. The molecular formula is C15H25ClN4O4. The molecule has 2 rings (SSSR count). The molecule has 0 aromatic carbocycles. The van der Waals surface area contributed by atoms with Crippen molar-refractivity contribution in [3.8, 4) is 0 Å². The quantitative estimate of drug-likeness (QED) is 0.585. The third-order valence-corrected chi connectivity index (χ3v) is 3.36. The molecule has 2 fully saturated rings. The molecule has 9 heteroatoms. The highest BCUT2D eigenvalue weighted by Crippen LogP contribution is 2.00. The molecular weight excluding hydrogens is 336 g/mol. The fourth-order valence-corrected chi connectivity index (χ4v) is 2.13. The molecule has 2 aliphatic rings. The molecule has 0 aliphatic carbocycles. The Balaban J connectivity index is 0.000000425. The van der Waals surface area contributed by atoms with Crippen molar-refractivity contribution in [2.75, 3.05) is 59.2 Å². The normalized spacial score (nSPS) is 16.8. The van der Waals surface area contributed by atoms with Crippen LogP contribution in [0.15, 0.2) is 0 Å². The Hall–Kier alpha value is -1.69. The van der Waals surface area contributed by atoms with E-state index in [2.05, 4.69) is 4.85 Å². The van der Waals surface area contributed by atoms with E-state index in [1.54, 1.807) is 16.7 Å². The highest BCUT2D eigenvalue weighted by molar-refractivity contribution is 5.98. The van der Waals surface area contributed by atoms with Crippen molar-refractivity contribution in [1.82, 2.24) is 9.80 Å². The Labute approximate surface area is 148 Å². The van der Waals surface area contributed by atoms with Crippen LogP contribution in [-0.4, -0.2) is 86.5 Å². The molecule has 2 aliphatic heterocycles. The molecule has 24 heavy (non-hydrogen) atoms. The van der Waals surface area contributed by atoms with Gasteiger partial charge in [-0.3, -0.25) is 9.59 Å². The molecule has 2 heterocycles. The SMILES string of the molecule is CC(=N)CC(=O)N1CCOCC1.Cl.[C-]#[N+]CC(=O)N1CCOCC1. The van der Waals surface area contributed by atoms with Gasteiger partial charge in [-0.05, 0) is 6.92 Å². The van der Waals surface area contributed by atoms with Gasteiger partial charge in [0.1, 0.15) is 0 Å². The molecule has 0 atom stereocenters. The molecule has 0 aromatic rings. The molecule has 0 spiro atoms. The number of nitrogens with zero attached hydrogens (tertiary/aromatic N) is 3. The van der Waals surface area contributed by atoms with Gasteiger partial charge in [-0.15, -0.1) is 12.4 Å². The second-order valence-electron chi connectivity index (χ2n) is 5.26. The monoisotopic (exact) mass is 360 g/mol. The number of carbonyl (C=O) groups is 2. The summed E-state index contributed by atoms with van der Waals surface area (Å²) in [7, 11) is 0. The summed E-state index contributed by atoms with van der Waals surface area (Å²) in [6.07, 6.45) is 0.250. The van der Waals surface area contributed by atoms with Crippen molar-refractivity contribution in [3.05, 3.63) is 11.4 Å². The van der Waals surface area contributed by atoms with Gasteiger partial charge in [-0.1, -0.05) is 0 Å². The number of halogens is 1. The summed E-state index contributed by atoms with van der Waals surface area (Å²) in [4.78, 5) is 28.8. The third-order valence-electron chi connectivity index (χ3n) is 3.36. The average Bonchev–Trinajstić information content (AvgIpc) is 2.57. The lowest BCUT2D eigenvalue weighted by molar-refractivity contribution is -0.134. The molecule has 8 nitrogen and oxygen atoms in total. The minimum Gasteiger partial charge on any atom is -0.378 e. The first-order valence-corrected chi connectivity index (χ1v) is 7.63. The minimum atomic E-state index is -0.0803. The maximum atomic E-state index is 11.3. The van der Waals surface area contributed by atoms with E-state index in [0.29, 0.717) is 58.3 Å². The van der Waals surface area contributed by atoms with E-state index in [4.69, 9.17) is 21.5 Å². The van der Waals surface area contributed by atoms with Gasteiger partial charge in [0.05, 0.1) is 32.8 Å². The highest BCUT2D eigenvalue weighted by atomic mass is 35.5. The predicted octanol–water partition coefficient (Wildman–Crippen LogP) is 0.461. The predicted molar refractivity (Wildman–Crippen MR) is 91.5 cm³/mol. The first kappa shape index (κ1) is 22.3. The largest absolute Gasteiger partial charge is 0.378 e. The van der Waals surface area contributed by atoms with Crippen molar-refractivity contribution in [2.45, 2.75) is 13.3 Å². The van der Waals surface area contributed by atoms with Crippen LogP contribution >= 0.6 is 12.4 Å². The fourth-order valence-electron chi connectivity index (χ4n) is 2.13. The summed E-state index contributed by atoms with van der Waals surface area (Å²) in [6.45, 7) is 13.2. The average molecular weight is 361 g/mol. The van der Waals surface area contributed by atoms with E-state index < -0.39 is 0 Å². The van der Waals surface area contributed by atoms with E-state index in [0.717, 1.165) is 0 Å². The van der Waals surface area contributed by atoms with Gasteiger partial charge >= 0.3 is 5.91 Å². The highest BCUT2D eigenvalue weighted by Gasteiger charge is 2.18. The zero-order valence-corrected chi connectivity index (χ0v) is 14.8. The van der Waals surface area contributed by atoms with E-state index in [9.17, 15) is 9.59 Å². The van der Waals surface area contributed by atoms with E-state index in [-0.39, 0.29) is 37.2 Å². The maximum absolute atomic E-state index is 11.3. The van der Waals surface area contributed by atoms with Crippen LogP contribution in [0.5, 0.6) is 0 Å². The number of hydrogen-bond donors (Lipinski definition) is 1. The van der Waals surface area contributed by atoms with Crippen LogP contribution in [0.4, 0.5) is 0 Å². The molecule has 0 unspecified atom stereocenters. The van der Waals surface area contributed by atoms with Gasteiger partial charge in [0, 0.05) is 31.9 Å². The van der Waals surface area contributed by atoms with Crippen molar-refractivity contribution in [2.24, 2.45) is 0 Å². The number of hydrogen-bond acceptors (Lipinski definition) is 5. The molecule has 0 saturated carbocycles. The van der Waals surface area contributed by atoms with Gasteiger partial charge in [-0.2, -0.15) is 0 Å². The van der Waals surface area contributed by atoms with E-state index >= 15 is 0 Å². The van der Waals surface area contributed by atoms with Crippen molar-refractivity contribution >= 4 is 29.9 Å². The van der Waals surface area contributed by atoms with E-state index in [1.807, 2.05) is 0 Å². The van der Waals surface area contributed by atoms with Gasteiger partial charge < -0.3 is 29.5 Å². The molecule has 2 saturated heterocycles. The Morgan fingerprint density at radius 3 is 1.79 bits per heavy atom. The summed E-state index contributed by atoms with van der Waals surface area (Å²) >= 11 is 0. The molecule has 1 N–H and O–H groups in total. The molecule has 0 bridgehead atoms. The van der Waals surface area contributed by atoms with Crippen LogP contribution in [0, 0.1) is 12.0 Å². The molecule has 0 aromatic heterocycles. The van der Waals surface area contributed by atoms with Crippen molar-refractivity contribution in [3.63, 3.8) is 0 Å². The van der Waals surface area contributed by atoms with Crippen LogP contribution in [-0.2, 0) is 19.1 Å². The van der Waals surface area contributed by atoms with Crippen LogP contribution in [0.2, 0.25) is 0 Å². The lowest BCUT2D eigenvalue weighted by atomic mass is 10.2. The van der Waals surface area contributed by atoms with Gasteiger partial charge in [0.2, 0.25) is 5.91 Å². The first-order chi connectivity index (χ1) is 11.0. The summed E-state index contributed by atoms with van der Waals surface area (Å²) in [5.74, 6) is -0.0332. The number of rotatable bonds is 3. The standard InChI is InChI=1S/C8H14N2O2.C7H10N2O2.ClH/c1-7(9)6-8(11)10-2-4-12-5-3-10;1-8-6-7(10)9-2-4-11-5-3-9;/h9H,2-6H2,1H3;2-6H2;1H. The second-order valence-corrected chi connectivity index (χ2v) is 5.26.